The Bertz CT molecular complexity index is 742. The van der Waals surface area contributed by atoms with E-state index in [0.717, 1.165) is 49.3 Å². The number of carbonyl (C=O) groups excluding carboxylic acids is 1. The highest BCUT2D eigenvalue weighted by Crippen LogP contribution is 2.31. The van der Waals surface area contributed by atoms with Crippen molar-refractivity contribution < 1.29 is 13.7 Å². The Morgan fingerprint density at radius 2 is 2.12 bits per heavy atom. The maximum Gasteiger partial charge on any atom is 0.317 e. The summed E-state index contributed by atoms with van der Waals surface area (Å²) in [6, 6.07) is 6.55. The molecule has 7 heteroatoms. The minimum absolute atomic E-state index is 0.0665. The van der Waals surface area contributed by atoms with E-state index in [-0.39, 0.29) is 17.9 Å². The van der Waals surface area contributed by atoms with Crippen LogP contribution in [-0.4, -0.2) is 47.2 Å². The van der Waals surface area contributed by atoms with Crippen LogP contribution in [0.3, 0.4) is 0 Å². The van der Waals surface area contributed by atoms with Gasteiger partial charge in [-0.15, -0.1) is 0 Å². The summed E-state index contributed by atoms with van der Waals surface area (Å²) in [5.41, 5.74) is 2.95. The summed E-state index contributed by atoms with van der Waals surface area (Å²) in [6.45, 7) is 3.69. The first-order valence-electron chi connectivity index (χ1n) is 8.64. The SMILES string of the molecule is O=C(N[C@H]1CCc2ccc(F)cc21)N1CCN(Cc2ccon2)CC1. The third-order valence-electron chi connectivity index (χ3n) is 5.02. The van der Waals surface area contributed by atoms with E-state index in [4.69, 9.17) is 4.52 Å². The molecule has 0 spiro atoms. The van der Waals surface area contributed by atoms with Gasteiger partial charge in [0.2, 0.25) is 0 Å². The number of hydrogen-bond acceptors (Lipinski definition) is 4. The van der Waals surface area contributed by atoms with Crippen LogP contribution in [0.25, 0.3) is 0 Å². The van der Waals surface area contributed by atoms with Gasteiger partial charge in [-0.3, -0.25) is 4.90 Å². The number of rotatable bonds is 3. The normalized spacial score (nSPS) is 20.5. The maximum atomic E-state index is 13.5. The van der Waals surface area contributed by atoms with Gasteiger partial charge in [-0.05, 0) is 36.1 Å². The van der Waals surface area contributed by atoms with Gasteiger partial charge in [-0.25, -0.2) is 9.18 Å². The number of benzene rings is 1. The lowest BCUT2D eigenvalue weighted by Crippen LogP contribution is -2.51. The van der Waals surface area contributed by atoms with E-state index in [1.807, 2.05) is 17.0 Å². The molecule has 1 atom stereocenters. The Labute approximate surface area is 145 Å². The molecule has 0 radical (unpaired) electrons. The highest BCUT2D eigenvalue weighted by atomic mass is 19.1. The summed E-state index contributed by atoms with van der Waals surface area (Å²) < 4.78 is 18.3. The molecule has 2 aliphatic rings. The highest BCUT2D eigenvalue weighted by Gasteiger charge is 2.28. The van der Waals surface area contributed by atoms with Gasteiger partial charge in [-0.1, -0.05) is 11.2 Å². The molecular weight excluding hydrogens is 323 g/mol. The predicted molar refractivity (Wildman–Crippen MR) is 89.3 cm³/mol. The molecule has 1 aliphatic carbocycles. The van der Waals surface area contributed by atoms with Crippen LogP contribution >= 0.6 is 0 Å². The van der Waals surface area contributed by atoms with E-state index in [2.05, 4.69) is 15.4 Å². The van der Waals surface area contributed by atoms with Gasteiger partial charge in [0.05, 0.1) is 11.7 Å². The fourth-order valence-corrected chi connectivity index (χ4v) is 3.62. The van der Waals surface area contributed by atoms with Crippen molar-refractivity contribution in [3.63, 3.8) is 0 Å². The minimum atomic E-state index is -0.249. The number of hydrogen-bond donors (Lipinski definition) is 1. The third kappa shape index (κ3) is 3.51. The molecular formula is C18H21FN4O2. The summed E-state index contributed by atoms with van der Waals surface area (Å²) >= 11 is 0. The van der Waals surface area contributed by atoms with Crippen LogP contribution in [0.15, 0.2) is 35.1 Å². The van der Waals surface area contributed by atoms with Crippen molar-refractivity contribution in [2.75, 3.05) is 26.2 Å². The highest BCUT2D eigenvalue weighted by molar-refractivity contribution is 5.75. The molecule has 0 saturated carbocycles. The standard InChI is InChI=1S/C18H21FN4O2/c19-14-3-1-13-2-4-17(16(13)11-14)20-18(24)23-8-6-22(7-9-23)12-15-5-10-25-21-15/h1,3,5,10-11,17H,2,4,6-9,12H2,(H,20,24)/t17-/m0/s1. The zero-order chi connectivity index (χ0) is 17.2. The first kappa shape index (κ1) is 16.1. The zero-order valence-electron chi connectivity index (χ0n) is 13.9. The molecule has 25 heavy (non-hydrogen) atoms. The van der Waals surface area contributed by atoms with Crippen molar-refractivity contribution in [1.29, 1.82) is 0 Å². The number of piperazine rings is 1. The van der Waals surface area contributed by atoms with Gasteiger partial charge in [0.1, 0.15) is 12.1 Å². The van der Waals surface area contributed by atoms with Crippen LogP contribution < -0.4 is 5.32 Å². The van der Waals surface area contributed by atoms with Gasteiger partial charge in [-0.2, -0.15) is 0 Å². The summed E-state index contributed by atoms with van der Waals surface area (Å²) in [5.74, 6) is -0.249. The van der Waals surface area contributed by atoms with Gasteiger partial charge >= 0.3 is 6.03 Å². The van der Waals surface area contributed by atoms with Gasteiger partial charge < -0.3 is 14.7 Å². The first-order chi connectivity index (χ1) is 12.2. The average molecular weight is 344 g/mol. The number of nitrogens with one attached hydrogen (secondary N) is 1. The third-order valence-corrected chi connectivity index (χ3v) is 5.02. The number of carbonyl (C=O) groups is 1. The van der Waals surface area contributed by atoms with E-state index in [0.29, 0.717) is 13.1 Å². The second-order valence-corrected chi connectivity index (χ2v) is 6.64. The van der Waals surface area contributed by atoms with Gasteiger partial charge in [0.25, 0.3) is 0 Å². The quantitative estimate of drug-likeness (QED) is 0.928. The van der Waals surface area contributed by atoms with Crippen LogP contribution in [0.2, 0.25) is 0 Å². The molecule has 2 heterocycles. The summed E-state index contributed by atoms with van der Waals surface area (Å²) in [6.07, 6.45) is 3.28. The number of urea groups is 1. The van der Waals surface area contributed by atoms with Crippen molar-refractivity contribution in [2.45, 2.75) is 25.4 Å². The number of amides is 2. The maximum absolute atomic E-state index is 13.5. The average Bonchev–Trinajstić information content (AvgIpc) is 3.26. The molecule has 2 amide bonds. The van der Waals surface area contributed by atoms with Gasteiger partial charge in [0.15, 0.2) is 0 Å². The Hall–Kier alpha value is -2.41. The van der Waals surface area contributed by atoms with Crippen LogP contribution in [-0.2, 0) is 13.0 Å². The molecule has 1 N–H and O–H groups in total. The summed E-state index contributed by atoms with van der Waals surface area (Å²) in [4.78, 5) is 16.6. The van der Waals surface area contributed by atoms with E-state index in [1.54, 1.807) is 12.3 Å². The van der Waals surface area contributed by atoms with E-state index in [1.165, 1.54) is 6.07 Å². The summed E-state index contributed by atoms with van der Waals surface area (Å²) in [7, 11) is 0. The molecule has 1 aromatic carbocycles. The monoisotopic (exact) mass is 344 g/mol. The topological polar surface area (TPSA) is 61.6 Å². The smallest absolute Gasteiger partial charge is 0.317 e. The second kappa shape index (κ2) is 6.84. The Kier molecular flexibility index (Phi) is 4.40. The van der Waals surface area contributed by atoms with Gasteiger partial charge in [0, 0.05) is 38.8 Å². The van der Waals surface area contributed by atoms with Crippen molar-refractivity contribution in [3.05, 3.63) is 53.2 Å². The Morgan fingerprint density at radius 1 is 1.28 bits per heavy atom. The predicted octanol–water partition coefficient (Wildman–Crippen LogP) is 2.33. The lowest BCUT2D eigenvalue weighted by molar-refractivity contribution is 0.131. The second-order valence-electron chi connectivity index (χ2n) is 6.64. The molecule has 1 saturated heterocycles. The fourth-order valence-electron chi connectivity index (χ4n) is 3.62. The van der Waals surface area contributed by atoms with Crippen molar-refractivity contribution >= 4 is 6.03 Å². The lowest BCUT2D eigenvalue weighted by atomic mass is 10.1. The molecule has 1 aliphatic heterocycles. The minimum Gasteiger partial charge on any atom is -0.364 e. The number of aromatic nitrogens is 1. The number of halogens is 1. The fraction of sp³-hybridized carbons (Fsp3) is 0.444. The zero-order valence-corrected chi connectivity index (χ0v) is 13.9. The molecule has 1 aromatic heterocycles. The number of aryl methyl sites for hydroxylation is 1. The lowest BCUT2D eigenvalue weighted by Gasteiger charge is -2.34. The van der Waals surface area contributed by atoms with Crippen LogP contribution in [0, 0.1) is 5.82 Å². The number of fused-ring (bicyclic) bond motifs is 1. The van der Waals surface area contributed by atoms with E-state index in [9.17, 15) is 9.18 Å². The summed E-state index contributed by atoms with van der Waals surface area (Å²) in [5, 5.41) is 6.99. The molecule has 0 bridgehead atoms. The van der Waals surface area contributed by atoms with Crippen LogP contribution in [0.1, 0.15) is 29.3 Å². The van der Waals surface area contributed by atoms with Crippen molar-refractivity contribution in [3.8, 4) is 0 Å². The van der Waals surface area contributed by atoms with E-state index >= 15 is 0 Å². The van der Waals surface area contributed by atoms with Crippen molar-refractivity contribution in [2.24, 2.45) is 0 Å². The molecule has 4 rings (SSSR count). The van der Waals surface area contributed by atoms with Crippen LogP contribution in [0.4, 0.5) is 9.18 Å². The molecule has 6 nitrogen and oxygen atoms in total. The first-order valence-corrected chi connectivity index (χ1v) is 8.64. The Balaban J connectivity index is 1.31. The van der Waals surface area contributed by atoms with Crippen LogP contribution in [0.5, 0.6) is 0 Å². The molecule has 0 unspecified atom stereocenters. The van der Waals surface area contributed by atoms with Crippen molar-refractivity contribution in [1.82, 2.24) is 20.3 Å². The Morgan fingerprint density at radius 3 is 2.88 bits per heavy atom. The molecule has 2 aromatic rings. The van der Waals surface area contributed by atoms with E-state index < -0.39 is 0 Å². The molecule has 132 valence electrons. The largest absolute Gasteiger partial charge is 0.364 e. The number of nitrogens with zero attached hydrogens (tertiary/aromatic N) is 3. The molecule has 1 fully saturated rings.